The van der Waals surface area contributed by atoms with E-state index >= 15 is 4.39 Å². The Labute approximate surface area is 235 Å². The highest BCUT2D eigenvalue weighted by atomic mass is 19.4. The van der Waals surface area contributed by atoms with Crippen molar-refractivity contribution in [3.8, 4) is 0 Å². The molecule has 3 aliphatic rings. The predicted octanol–water partition coefficient (Wildman–Crippen LogP) is 4.25. The van der Waals surface area contributed by atoms with E-state index in [9.17, 15) is 27.6 Å². The van der Waals surface area contributed by atoms with Gasteiger partial charge in [-0.1, -0.05) is 6.08 Å². The van der Waals surface area contributed by atoms with Gasteiger partial charge in [0.25, 0.3) is 5.91 Å². The van der Waals surface area contributed by atoms with Gasteiger partial charge in [-0.2, -0.15) is 13.2 Å². The largest absolute Gasteiger partial charge is 0.447 e. The lowest BCUT2D eigenvalue weighted by Gasteiger charge is -2.44. The number of carbonyl (C=O) groups excluding carboxylic acids is 3. The molecule has 3 amide bonds. The molecule has 0 aliphatic carbocycles. The molecule has 3 atom stereocenters. The van der Waals surface area contributed by atoms with E-state index in [-0.39, 0.29) is 42.5 Å². The average molecular weight is 580 g/mol. The summed E-state index contributed by atoms with van der Waals surface area (Å²) in [6.07, 6.45) is -3.20. The summed E-state index contributed by atoms with van der Waals surface area (Å²) in [4.78, 5) is 46.0. The Hall–Kier alpha value is -3.74. The summed E-state index contributed by atoms with van der Waals surface area (Å²) >= 11 is 0. The number of amides is 3. The SMILES string of the molecule is CC(C)OC(=O)N1CC=C(c2cc(NC(=O)C3C=NC(=O)C=C3C(F)(F)F)c(N3C[C@@H](C)N(C)[C@@H](C)C3)cc2F)C1. The van der Waals surface area contributed by atoms with Crippen LogP contribution in [-0.2, 0) is 14.3 Å². The fourth-order valence-electron chi connectivity index (χ4n) is 5.10. The molecule has 3 heterocycles. The van der Waals surface area contributed by atoms with Gasteiger partial charge in [-0.05, 0) is 52.4 Å². The van der Waals surface area contributed by atoms with Crippen LogP contribution >= 0.6 is 0 Å². The first-order valence-corrected chi connectivity index (χ1v) is 13.3. The smallest absolute Gasteiger partial charge is 0.414 e. The molecule has 0 radical (unpaired) electrons. The highest BCUT2D eigenvalue weighted by Crippen LogP contribution is 2.37. The number of alkyl halides is 3. The van der Waals surface area contributed by atoms with Crippen LogP contribution in [0.15, 0.2) is 34.9 Å². The van der Waals surface area contributed by atoms with Gasteiger partial charge in [0.15, 0.2) is 0 Å². The lowest BCUT2D eigenvalue weighted by Crippen LogP contribution is -2.55. The number of halogens is 4. The zero-order chi connectivity index (χ0) is 30.2. The van der Waals surface area contributed by atoms with Crippen LogP contribution in [-0.4, -0.2) is 91.5 Å². The number of dihydropyridines is 1. The van der Waals surface area contributed by atoms with Gasteiger partial charge in [0.1, 0.15) is 11.7 Å². The highest BCUT2D eigenvalue weighted by Gasteiger charge is 2.43. The summed E-state index contributed by atoms with van der Waals surface area (Å²) in [6.45, 7) is 8.61. The zero-order valence-electron chi connectivity index (χ0n) is 23.5. The molecule has 1 saturated heterocycles. The Kier molecular flexibility index (Phi) is 8.57. The number of anilines is 2. The van der Waals surface area contributed by atoms with Crippen LogP contribution in [0.3, 0.4) is 0 Å². The second-order valence-electron chi connectivity index (χ2n) is 10.8. The summed E-state index contributed by atoms with van der Waals surface area (Å²) < 4.78 is 61.9. The van der Waals surface area contributed by atoms with Gasteiger partial charge >= 0.3 is 12.3 Å². The van der Waals surface area contributed by atoms with Crippen LogP contribution in [0.1, 0.15) is 33.3 Å². The number of likely N-dealkylation sites (N-methyl/N-ethyl adjacent to an activating group) is 1. The minimum absolute atomic E-state index is 0.0517. The van der Waals surface area contributed by atoms with Gasteiger partial charge in [0.2, 0.25) is 5.91 Å². The first kappa shape index (κ1) is 30.2. The minimum Gasteiger partial charge on any atom is -0.447 e. The second-order valence-corrected chi connectivity index (χ2v) is 10.8. The zero-order valence-corrected chi connectivity index (χ0v) is 23.5. The van der Waals surface area contributed by atoms with Crippen molar-refractivity contribution in [3.05, 3.63) is 41.2 Å². The Morgan fingerprint density at radius 3 is 2.41 bits per heavy atom. The highest BCUT2D eigenvalue weighted by molar-refractivity contribution is 6.11. The number of nitrogens with zero attached hydrogens (tertiary/aromatic N) is 4. The van der Waals surface area contributed by atoms with E-state index < -0.39 is 41.4 Å². The third kappa shape index (κ3) is 6.61. The van der Waals surface area contributed by atoms with E-state index in [1.54, 1.807) is 19.9 Å². The topological polar surface area (TPSA) is 94.5 Å². The van der Waals surface area contributed by atoms with Crippen molar-refractivity contribution in [1.29, 1.82) is 0 Å². The number of piperazine rings is 1. The van der Waals surface area contributed by atoms with Gasteiger partial charge in [-0.25, -0.2) is 14.2 Å². The number of rotatable bonds is 5. The molecule has 1 N–H and O–H groups in total. The van der Waals surface area contributed by atoms with Gasteiger partial charge in [0.05, 0.1) is 23.1 Å². The number of hydrogen-bond acceptors (Lipinski definition) is 6. The van der Waals surface area contributed by atoms with Crippen LogP contribution in [0.2, 0.25) is 0 Å². The molecule has 0 aromatic heterocycles. The predicted molar refractivity (Wildman–Crippen MR) is 146 cm³/mol. The lowest BCUT2D eigenvalue weighted by atomic mass is 9.95. The summed E-state index contributed by atoms with van der Waals surface area (Å²) in [5, 5.41) is 2.55. The maximum Gasteiger partial charge on any atom is 0.414 e. The number of ether oxygens (including phenoxy) is 1. The van der Waals surface area contributed by atoms with Crippen LogP contribution in [0, 0.1) is 11.7 Å². The van der Waals surface area contributed by atoms with E-state index in [4.69, 9.17) is 4.74 Å². The van der Waals surface area contributed by atoms with Crippen LogP contribution in [0.25, 0.3) is 5.57 Å². The van der Waals surface area contributed by atoms with Gasteiger partial charge < -0.3 is 19.9 Å². The van der Waals surface area contributed by atoms with Gasteiger partial charge in [-0.3, -0.25) is 14.5 Å². The molecular formula is C28H33F4N5O4. The van der Waals surface area contributed by atoms with Crippen molar-refractivity contribution in [2.45, 2.75) is 52.1 Å². The normalized spacial score (nSPS) is 23.6. The third-order valence-electron chi connectivity index (χ3n) is 7.48. The number of aliphatic imine (C=N–C) groups is 1. The fourth-order valence-corrected chi connectivity index (χ4v) is 5.10. The van der Waals surface area contributed by atoms with E-state index in [0.29, 0.717) is 36.6 Å². The summed E-state index contributed by atoms with van der Waals surface area (Å²) in [5.74, 6) is -4.66. The molecule has 1 fully saturated rings. The standard InChI is InChI=1S/C28H33F4N5O4/c1-15(2)41-27(40)36-7-6-18(14-36)19-8-23(24(10-22(19)29)37-12-16(3)35(5)17(4)13-37)34-26(39)20-11-33-25(38)9-21(20)28(30,31)32/h6,8-11,15-17,20H,7,12-14H2,1-5H3,(H,34,39)/t16-,17+,20?. The quantitative estimate of drug-likeness (QED) is 0.525. The maximum absolute atomic E-state index is 15.7. The number of benzene rings is 1. The molecule has 0 spiro atoms. The number of nitrogens with one attached hydrogen (secondary N) is 1. The maximum atomic E-state index is 15.7. The molecule has 1 aromatic rings. The second kappa shape index (κ2) is 11.6. The molecule has 4 rings (SSSR count). The van der Waals surface area contributed by atoms with E-state index in [1.165, 1.54) is 17.0 Å². The molecule has 13 heteroatoms. The minimum atomic E-state index is -4.94. The molecule has 222 valence electrons. The molecule has 0 bridgehead atoms. The van der Waals surface area contributed by atoms with Crippen molar-refractivity contribution < 1.29 is 36.7 Å². The first-order valence-electron chi connectivity index (χ1n) is 13.3. The number of hydrogen-bond donors (Lipinski definition) is 1. The van der Waals surface area contributed by atoms with E-state index in [1.807, 2.05) is 25.8 Å². The van der Waals surface area contributed by atoms with Crippen molar-refractivity contribution in [1.82, 2.24) is 9.80 Å². The Morgan fingerprint density at radius 1 is 1.15 bits per heavy atom. The fraction of sp³-hybridized carbons (Fsp3) is 0.500. The Bertz CT molecular complexity index is 1310. The summed E-state index contributed by atoms with van der Waals surface area (Å²) in [7, 11) is 1.97. The number of carbonyl (C=O) groups is 3. The molecule has 0 saturated carbocycles. The van der Waals surface area contributed by atoms with E-state index in [0.717, 1.165) is 0 Å². The molecule has 1 aromatic carbocycles. The van der Waals surface area contributed by atoms with Crippen molar-refractivity contribution in [2.75, 3.05) is 43.4 Å². The lowest BCUT2D eigenvalue weighted by molar-refractivity contribution is -0.124. The van der Waals surface area contributed by atoms with Crippen molar-refractivity contribution >= 4 is 41.1 Å². The summed E-state index contributed by atoms with van der Waals surface area (Å²) in [6, 6.07) is 2.77. The Morgan fingerprint density at radius 2 is 1.80 bits per heavy atom. The van der Waals surface area contributed by atoms with Gasteiger partial charge in [-0.15, -0.1) is 0 Å². The monoisotopic (exact) mass is 579 g/mol. The third-order valence-corrected chi connectivity index (χ3v) is 7.48. The first-order chi connectivity index (χ1) is 19.1. The molecule has 41 heavy (non-hydrogen) atoms. The summed E-state index contributed by atoms with van der Waals surface area (Å²) in [5.41, 5.74) is -0.364. The molecule has 3 aliphatic heterocycles. The molecule has 1 unspecified atom stereocenters. The van der Waals surface area contributed by atoms with Gasteiger partial charge in [0, 0.05) is 56.1 Å². The Balaban J connectivity index is 1.70. The van der Waals surface area contributed by atoms with E-state index in [2.05, 4.69) is 15.2 Å². The van der Waals surface area contributed by atoms with Crippen molar-refractivity contribution in [2.24, 2.45) is 10.9 Å². The van der Waals surface area contributed by atoms with Crippen LogP contribution in [0.5, 0.6) is 0 Å². The molecule has 9 nitrogen and oxygen atoms in total. The molecular weight excluding hydrogens is 546 g/mol. The van der Waals surface area contributed by atoms with Crippen LogP contribution in [0.4, 0.5) is 33.7 Å². The van der Waals surface area contributed by atoms with Crippen molar-refractivity contribution in [3.63, 3.8) is 0 Å². The van der Waals surface area contributed by atoms with Crippen LogP contribution < -0.4 is 10.2 Å². The average Bonchev–Trinajstić information content (AvgIpc) is 3.37.